The van der Waals surface area contributed by atoms with Gasteiger partial charge >= 0.3 is 0 Å². The number of ether oxygens (including phenoxy) is 3. The van der Waals surface area contributed by atoms with E-state index in [4.69, 9.17) is 25.4 Å². The molecule has 0 unspecified atom stereocenters. The van der Waals surface area contributed by atoms with Gasteiger partial charge < -0.3 is 24.8 Å². The molecular weight excluding hydrogens is 430 g/mol. The van der Waals surface area contributed by atoms with Gasteiger partial charge in [-0.15, -0.1) is 0 Å². The van der Waals surface area contributed by atoms with Crippen molar-refractivity contribution in [2.45, 2.75) is 58.4 Å². The Morgan fingerprint density at radius 2 is 1.71 bits per heavy atom. The molecule has 34 heavy (non-hydrogen) atoms. The van der Waals surface area contributed by atoms with Gasteiger partial charge in [0.25, 0.3) is 0 Å². The second-order valence-electron chi connectivity index (χ2n) is 10.00. The molecule has 0 bridgehead atoms. The molecule has 1 saturated carbocycles. The van der Waals surface area contributed by atoms with E-state index in [0.29, 0.717) is 47.5 Å². The number of amidine groups is 1. The minimum atomic E-state index is -0.330. The fourth-order valence-electron chi connectivity index (χ4n) is 4.90. The van der Waals surface area contributed by atoms with Gasteiger partial charge in [0.1, 0.15) is 11.6 Å². The third-order valence-electron chi connectivity index (χ3n) is 6.70. The minimum absolute atomic E-state index is 0.0706. The summed E-state index contributed by atoms with van der Waals surface area (Å²) in [7, 11) is 1.59. The summed E-state index contributed by atoms with van der Waals surface area (Å²) in [6.07, 6.45) is 1.79. The monoisotopic (exact) mass is 465 g/mol. The maximum absolute atomic E-state index is 13.5. The van der Waals surface area contributed by atoms with Crippen molar-refractivity contribution in [3.8, 4) is 17.2 Å². The van der Waals surface area contributed by atoms with Crippen molar-refractivity contribution in [3.05, 3.63) is 46.5 Å². The van der Waals surface area contributed by atoms with E-state index in [0.717, 1.165) is 29.5 Å². The number of hydrogen-bond donors (Lipinski definition) is 2. The summed E-state index contributed by atoms with van der Waals surface area (Å²) in [6, 6.07) is 7.45. The first-order valence-electron chi connectivity index (χ1n) is 11.9. The number of nitrogens with zero attached hydrogens (tertiary/aromatic N) is 1. The van der Waals surface area contributed by atoms with E-state index < -0.39 is 0 Å². The van der Waals surface area contributed by atoms with Gasteiger partial charge in [0.05, 0.1) is 38.1 Å². The number of nitrogen functional groups attached to an aromatic ring is 1. The third-order valence-corrected chi connectivity index (χ3v) is 6.70. The normalized spacial score (nSPS) is 15.9. The Hall–Kier alpha value is -3.22. The van der Waals surface area contributed by atoms with Crippen molar-refractivity contribution in [2.75, 3.05) is 32.6 Å². The number of methoxy groups -OCH3 is 1. The standard InChI is InChI=1S/C27H35N3O4/c1-7-33-22-13-17-18(14-23(22)34-8-2)27(9-10-27)30(25(17)29)15-21(31)16-11-19(26(3,4)5)24(32-6)20(28)12-16/h11-14,29H,7-10,15,28H2,1-6H3. The number of anilines is 1. The molecule has 4 rings (SSSR count). The molecule has 1 fully saturated rings. The Kier molecular flexibility index (Phi) is 6.00. The number of Topliss-reactive ketones (excluding diaryl/α,β-unsaturated/α-hetero) is 1. The van der Waals surface area contributed by atoms with E-state index in [2.05, 4.69) is 20.8 Å². The van der Waals surface area contributed by atoms with Crippen molar-refractivity contribution < 1.29 is 19.0 Å². The lowest BCUT2D eigenvalue weighted by atomic mass is 9.84. The van der Waals surface area contributed by atoms with Crippen LogP contribution < -0.4 is 19.9 Å². The Morgan fingerprint density at radius 1 is 1.09 bits per heavy atom. The Morgan fingerprint density at radius 3 is 2.24 bits per heavy atom. The van der Waals surface area contributed by atoms with Crippen LogP contribution in [0.15, 0.2) is 24.3 Å². The fourth-order valence-corrected chi connectivity index (χ4v) is 4.90. The molecule has 2 aliphatic rings. The number of carbonyl (C=O) groups is 1. The highest BCUT2D eigenvalue weighted by atomic mass is 16.5. The van der Waals surface area contributed by atoms with E-state index in [9.17, 15) is 4.79 Å². The molecule has 0 atom stereocenters. The van der Waals surface area contributed by atoms with Gasteiger partial charge in [-0.2, -0.15) is 0 Å². The van der Waals surface area contributed by atoms with Crippen LogP contribution in [-0.2, 0) is 11.0 Å². The summed E-state index contributed by atoms with van der Waals surface area (Å²) < 4.78 is 17.1. The first-order valence-corrected chi connectivity index (χ1v) is 11.9. The van der Waals surface area contributed by atoms with E-state index in [1.165, 1.54) is 0 Å². The van der Waals surface area contributed by atoms with Gasteiger partial charge in [0.2, 0.25) is 0 Å². The van der Waals surface area contributed by atoms with Crippen LogP contribution >= 0.6 is 0 Å². The number of ketones is 1. The molecule has 0 aromatic heterocycles. The molecule has 182 valence electrons. The predicted octanol–water partition coefficient (Wildman–Crippen LogP) is 4.89. The van der Waals surface area contributed by atoms with Gasteiger partial charge in [-0.3, -0.25) is 10.2 Å². The van der Waals surface area contributed by atoms with Crippen LogP contribution in [0.3, 0.4) is 0 Å². The van der Waals surface area contributed by atoms with Crippen LogP contribution in [0.2, 0.25) is 0 Å². The smallest absolute Gasteiger partial charge is 0.182 e. The lowest BCUT2D eigenvalue weighted by molar-refractivity contribution is 0.0943. The van der Waals surface area contributed by atoms with Gasteiger partial charge in [-0.1, -0.05) is 20.8 Å². The third kappa shape index (κ3) is 3.87. The van der Waals surface area contributed by atoms with Crippen LogP contribution in [0.4, 0.5) is 5.69 Å². The Balaban J connectivity index is 1.68. The average molecular weight is 466 g/mol. The van der Waals surface area contributed by atoms with E-state index in [1.54, 1.807) is 13.2 Å². The van der Waals surface area contributed by atoms with Crippen molar-refractivity contribution in [1.29, 1.82) is 5.41 Å². The van der Waals surface area contributed by atoms with Crippen LogP contribution in [0.25, 0.3) is 0 Å². The van der Waals surface area contributed by atoms with Gasteiger partial charge in [-0.25, -0.2) is 0 Å². The average Bonchev–Trinajstić information content (AvgIpc) is 3.54. The second kappa shape index (κ2) is 8.53. The van der Waals surface area contributed by atoms with Crippen molar-refractivity contribution in [2.24, 2.45) is 0 Å². The Bertz CT molecular complexity index is 1150. The molecule has 1 aliphatic carbocycles. The summed E-state index contributed by atoms with van der Waals surface area (Å²) in [6.45, 7) is 11.2. The number of nitrogens with one attached hydrogen (secondary N) is 1. The molecule has 3 N–H and O–H groups in total. The summed E-state index contributed by atoms with van der Waals surface area (Å²) in [4.78, 5) is 15.4. The van der Waals surface area contributed by atoms with Crippen LogP contribution in [-0.4, -0.2) is 43.4 Å². The highest BCUT2D eigenvalue weighted by Gasteiger charge is 2.57. The zero-order valence-corrected chi connectivity index (χ0v) is 21.0. The lowest BCUT2D eigenvalue weighted by Gasteiger charge is -2.27. The largest absolute Gasteiger partial charge is 0.494 e. The number of hydrogen-bond acceptors (Lipinski definition) is 6. The quantitative estimate of drug-likeness (QED) is 0.426. The zero-order chi connectivity index (χ0) is 24.8. The molecule has 1 heterocycles. The molecule has 7 heteroatoms. The molecule has 0 amide bonds. The summed E-state index contributed by atoms with van der Waals surface area (Å²) in [5.41, 5.74) is 9.42. The maximum Gasteiger partial charge on any atom is 0.182 e. The van der Waals surface area contributed by atoms with Crippen molar-refractivity contribution >= 4 is 17.3 Å². The number of carbonyl (C=O) groups excluding carboxylic acids is 1. The Labute approximate surface area is 201 Å². The van der Waals surface area contributed by atoms with Crippen LogP contribution in [0, 0.1) is 5.41 Å². The lowest BCUT2D eigenvalue weighted by Crippen LogP contribution is -2.38. The van der Waals surface area contributed by atoms with Crippen LogP contribution in [0.5, 0.6) is 17.2 Å². The highest BCUT2D eigenvalue weighted by molar-refractivity contribution is 6.07. The fraction of sp³-hybridized carbons (Fsp3) is 0.481. The number of benzene rings is 2. The minimum Gasteiger partial charge on any atom is -0.494 e. The summed E-state index contributed by atoms with van der Waals surface area (Å²) >= 11 is 0. The number of rotatable bonds is 8. The van der Waals surface area contributed by atoms with E-state index in [-0.39, 0.29) is 23.3 Å². The van der Waals surface area contributed by atoms with Crippen molar-refractivity contribution in [3.63, 3.8) is 0 Å². The molecule has 0 radical (unpaired) electrons. The van der Waals surface area contributed by atoms with Gasteiger partial charge in [0.15, 0.2) is 17.3 Å². The molecule has 2 aromatic rings. The summed E-state index contributed by atoms with van der Waals surface area (Å²) in [5.74, 6) is 2.21. The van der Waals surface area contributed by atoms with Gasteiger partial charge in [-0.05, 0) is 61.9 Å². The zero-order valence-electron chi connectivity index (χ0n) is 21.0. The summed E-state index contributed by atoms with van der Waals surface area (Å²) in [5, 5.41) is 8.92. The topological polar surface area (TPSA) is 97.9 Å². The predicted molar refractivity (Wildman–Crippen MR) is 134 cm³/mol. The maximum atomic E-state index is 13.5. The SMILES string of the molecule is CCOc1cc2c(cc1OCC)C1(CC1)N(CC(=O)c1cc(N)c(OC)c(C(C)(C)C)c1)C2=N. The molecular formula is C27H35N3O4. The first-order chi connectivity index (χ1) is 16.1. The van der Waals surface area contributed by atoms with Gasteiger partial charge in [0, 0.05) is 16.7 Å². The van der Waals surface area contributed by atoms with Crippen molar-refractivity contribution in [1.82, 2.24) is 4.90 Å². The second-order valence-corrected chi connectivity index (χ2v) is 10.00. The molecule has 0 saturated heterocycles. The number of fused-ring (bicyclic) bond motifs is 2. The van der Waals surface area contributed by atoms with E-state index >= 15 is 0 Å². The molecule has 7 nitrogen and oxygen atoms in total. The first kappa shape index (κ1) is 23.9. The van der Waals surface area contributed by atoms with Crippen LogP contribution in [0.1, 0.15) is 74.5 Å². The van der Waals surface area contributed by atoms with E-state index in [1.807, 2.05) is 36.9 Å². The highest BCUT2D eigenvalue weighted by Crippen LogP contribution is 2.58. The molecule has 2 aromatic carbocycles. The molecule has 1 spiro atoms. The molecule has 1 aliphatic heterocycles. The number of nitrogens with two attached hydrogens (primary N) is 1.